The van der Waals surface area contributed by atoms with Crippen LogP contribution in [0.1, 0.15) is 92.4 Å². The molecule has 0 spiro atoms. The first-order valence-corrected chi connectivity index (χ1v) is 10.5. The number of hydrogen-bond acceptors (Lipinski definition) is 3. The molecule has 2 aliphatic rings. The fourth-order valence-corrected chi connectivity index (χ4v) is 4.39. The predicted octanol–water partition coefficient (Wildman–Crippen LogP) is 5.11. The fraction of sp³-hybridized carbons (Fsp3) is 0.952. The molecule has 4 nitrogen and oxygen atoms in total. The Kier molecular flexibility index (Phi) is 7.60. The normalized spacial score (nSPS) is 29.8. The first-order valence-electron chi connectivity index (χ1n) is 10.5. The lowest BCUT2D eigenvalue weighted by Gasteiger charge is -2.38. The van der Waals surface area contributed by atoms with Crippen LogP contribution in [-0.2, 0) is 4.74 Å². The molecule has 146 valence electrons. The van der Waals surface area contributed by atoms with Gasteiger partial charge in [0.05, 0.1) is 0 Å². The van der Waals surface area contributed by atoms with Crippen LogP contribution in [0, 0.1) is 5.92 Å². The zero-order chi connectivity index (χ0) is 18.4. The van der Waals surface area contributed by atoms with Crippen molar-refractivity contribution in [1.82, 2.24) is 10.2 Å². The molecule has 1 saturated carbocycles. The molecule has 1 heterocycles. The van der Waals surface area contributed by atoms with E-state index in [1.54, 1.807) is 0 Å². The van der Waals surface area contributed by atoms with Crippen molar-refractivity contribution in [2.24, 2.45) is 5.92 Å². The number of carbonyl (C=O) groups is 1. The summed E-state index contributed by atoms with van der Waals surface area (Å²) in [5.74, 6) is 0.762. The average Bonchev–Trinajstić information content (AvgIpc) is 2.71. The largest absolute Gasteiger partial charge is 0.444 e. The minimum atomic E-state index is -0.418. The van der Waals surface area contributed by atoms with E-state index in [1.807, 2.05) is 25.7 Å². The Bertz CT molecular complexity index is 419. The predicted molar refractivity (Wildman–Crippen MR) is 104 cm³/mol. The molecule has 1 aliphatic carbocycles. The molecule has 25 heavy (non-hydrogen) atoms. The van der Waals surface area contributed by atoms with Gasteiger partial charge in [-0.2, -0.15) is 0 Å². The highest BCUT2D eigenvalue weighted by Gasteiger charge is 2.32. The lowest BCUT2D eigenvalue weighted by molar-refractivity contribution is 0.00767. The number of piperidine rings is 1. The van der Waals surface area contributed by atoms with Crippen LogP contribution in [0.4, 0.5) is 4.79 Å². The monoisotopic (exact) mass is 352 g/mol. The number of amides is 1. The van der Waals surface area contributed by atoms with E-state index in [0.29, 0.717) is 18.1 Å². The van der Waals surface area contributed by atoms with Gasteiger partial charge in [-0.25, -0.2) is 4.79 Å². The van der Waals surface area contributed by atoms with Gasteiger partial charge >= 0.3 is 6.09 Å². The maximum atomic E-state index is 12.6. The Morgan fingerprint density at radius 2 is 1.80 bits per heavy atom. The minimum absolute atomic E-state index is 0.132. The number of hydrogen-bond donors (Lipinski definition) is 1. The summed E-state index contributed by atoms with van der Waals surface area (Å²) in [6, 6.07) is 1.39. The molecule has 1 saturated heterocycles. The number of ether oxygens (including phenoxy) is 1. The molecular weight excluding hydrogens is 312 g/mol. The third-order valence-electron chi connectivity index (χ3n) is 5.74. The molecule has 1 aliphatic heterocycles. The Morgan fingerprint density at radius 3 is 2.52 bits per heavy atom. The van der Waals surface area contributed by atoms with Crippen molar-refractivity contribution in [3.05, 3.63) is 0 Å². The average molecular weight is 353 g/mol. The smallest absolute Gasteiger partial charge is 0.410 e. The molecule has 0 aromatic heterocycles. The summed E-state index contributed by atoms with van der Waals surface area (Å²) in [5, 5.41) is 3.88. The number of likely N-dealkylation sites (tertiary alicyclic amines) is 1. The highest BCUT2D eigenvalue weighted by molar-refractivity contribution is 5.68. The van der Waals surface area contributed by atoms with Gasteiger partial charge in [-0.05, 0) is 72.1 Å². The van der Waals surface area contributed by atoms with Crippen LogP contribution in [0.3, 0.4) is 0 Å². The van der Waals surface area contributed by atoms with Crippen molar-refractivity contribution >= 4 is 6.09 Å². The Morgan fingerprint density at radius 1 is 1.12 bits per heavy atom. The molecule has 4 unspecified atom stereocenters. The molecule has 1 amide bonds. The van der Waals surface area contributed by atoms with E-state index in [9.17, 15) is 4.79 Å². The summed E-state index contributed by atoms with van der Waals surface area (Å²) in [5.41, 5.74) is -0.418. The van der Waals surface area contributed by atoms with Gasteiger partial charge in [-0.3, -0.25) is 0 Å². The summed E-state index contributed by atoms with van der Waals surface area (Å²) >= 11 is 0. The first kappa shape index (κ1) is 20.5. The van der Waals surface area contributed by atoms with E-state index in [1.165, 1.54) is 38.5 Å². The second kappa shape index (κ2) is 9.25. The number of nitrogens with one attached hydrogen (secondary N) is 1. The maximum absolute atomic E-state index is 12.6. The molecule has 0 radical (unpaired) electrons. The van der Waals surface area contributed by atoms with E-state index >= 15 is 0 Å². The van der Waals surface area contributed by atoms with Crippen molar-refractivity contribution in [3.8, 4) is 0 Å². The van der Waals surface area contributed by atoms with Crippen LogP contribution >= 0.6 is 0 Å². The molecule has 0 bridgehead atoms. The molecule has 0 aromatic rings. The van der Waals surface area contributed by atoms with Gasteiger partial charge in [0.1, 0.15) is 5.60 Å². The van der Waals surface area contributed by atoms with Crippen LogP contribution in [0.15, 0.2) is 0 Å². The SMILES string of the molecule is CC(CC1CCCCN1C(=O)OC(C)(C)C)NC1CCCCCC1C. The molecule has 2 fully saturated rings. The standard InChI is InChI=1S/C21H40N2O2/c1-16-11-7-6-8-13-19(16)22-17(2)15-18-12-9-10-14-23(18)20(24)25-21(3,4)5/h16-19,22H,6-15H2,1-5H3. The van der Waals surface area contributed by atoms with E-state index in [0.717, 1.165) is 31.7 Å². The summed E-state index contributed by atoms with van der Waals surface area (Å²) < 4.78 is 5.64. The van der Waals surface area contributed by atoms with E-state index in [2.05, 4.69) is 19.2 Å². The Balaban J connectivity index is 1.90. The number of rotatable bonds is 4. The van der Waals surface area contributed by atoms with E-state index < -0.39 is 5.60 Å². The minimum Gasteiger partial charge on any atom is -0.444 e. The topological polar surface area (TPSA) is 41.6 Å². The van der Waals surface area contributed by atoms with Crippen molar-refractivity contribution in [1.29, 1.82) is 0 Å². The summed E-state index contributed by atoms with van der Waals surface area (Å²) in [4.78, 5) is 14.6. The van der Waals surface area contributed by atoms with Crippen LogP contribution < -0.4 is 5.32 Å². The van der Waals surface area contributed by atoms with Crippen molar-refractivity contribution in [3.63, 3.8) is 0 Å². The number of nitrogens with zero attached hydrogens (tertiary/aromatic N) is 1. The molecule has 4 atom stereocenters. The van der Waals surface area contributed by atoms with Gasteiger partial charge in [0.25, 0.3) is 0 Å². The third kappa shape index (κ3) is 6.80. The molecule has 1 N–H and O–H groups in total. The highest BCUT2D eigenvalue weighted by atomic mass is 16.6. The van der Waals surface area contributed by atoms with E-state index in [-0.39, 0.29) is 6.09 Å². The Hall–Kier alpha value is -0.770. The second-order valence-electron chi connectivity index (χ2n) is 9.35. The van der Waals surface area contributed by atoms with Crippen molar-refractivity contribution in [2.75, 3.05) is 6.54 Å². The van der Waals surface area contributed by atoms with Gasteiger partial charge in [0, 0.05) is 24.7 Å². The fourth-order valence-electron chi connectivity index (χ4n) is 4.39. The second-order valence-corrected chi connectivity index (χ2v) is 9.35. The number of carbonyl (C=O) groups excluding carboxylic acids is 1. The summed E-state index contributed by atoms with van der Waals surface area (Å²) in [6.07, 6.45) is 11.1. The molecule has 2 rings (SSSR count). The first-order chi connectivity index (χ1) is 11.8. The Labute approximate surface area is 155 Å². The van der Waals surface area contributed by atoms with Gasteiger partial charge in [0.15, 0.2) is 0 Å². The van der Waals surface area contributed by atoms with Gasteiger partial charge in [0.2, 0.25) is 0 Å². The third-order valence-corrected chi connectivity index (χ3v) is 5.74. The zero-order valence-electron chi connectivity index (χ0n) is 17.1. The van der Waals surface area contributed by atoms with E-state index in [4.69, 9.17) is 4.74 Å². The highest BCUT2D eigenvalue weighted by Crippen LogP contribution is 2.26. The lowest BCUT2D eigenvalue weighted by atomic mass is 9.93. The molecular formula is C21H40N2O2. The summed E-state index contributed by atoms with van der Waals surface area (Å²) in [7, 11) is 0. The zero-order valence-corrected chi connectivity index (χ0v) is 17.1. The maximum Gasteiger partial charge on any atom is 0.410 e. The molecule has 4 heteroatoms. The van der Waals surface area contributed by atoms with Crippen molar-refractivity contribution < 1.29 is 9.53 Å². The van der Waals surface area contributed by atoms with Crippen LogP contribution in [0.2, 0.25) is 0 Å². The van der Waals surface area contributed by atoms with Gasteiger partial charge in [-0.1, -0.05) is 26.2 Å². The quantitative estimate of drug-likeness (QED) is 0.715. The van der Waals surface area contributed by atoms with Crippen LogP contribution in [0.5, 0.6) is 0 Å². The van der Waals surface area contributed by atoms with Crippen LogP contribution in [0.25, 0.3) is 0 Å². The lowest BCUT2D eigenvalue weighted by Crippen LogP contribution is -2.49. The van der Waals surface area contributed by atoms with Crippen molar-refractivity contribution in [2.45, 2.75) is 116 Å². The molecule has 0 aromatic carbocycles. The summed E-state index contributed by atoms with van der Waals surface area (Å²) in [6.45, 7) is 11.4. The van der Waals surface area contributed by atoms with Crippen LogP contribution in [-0.4, -0.2) is 41.3 Å². The van der Waals surface area contributed by atoms with Gasteiger partial charge in [-0.15, -0.1) is 0 Å². The van der Waals surface area contributed by atoms with Gasteiger partial charge < -0.3 is 15.0 Å².